The molecule has 60 valence electrons. The van der Waals surface area contributed by atoms with Crippen LogP contribution in [0, 0.1) is 0 Å². The Morgan fingerprint density at radius 2 is 2.45 bits per heavy atom. The van der Waals surface area contributed by atoms with Crippen LogP contribution < -0.4 is 0 Å². The van der Waals surface area contributed by atoms with Crippen molar-refractivity contribution in [3.05, 3.63) is 16.1 Å². The summed E-state index contributed by atoms with van der Waals surface area (Å²) in [7, 11) is 0. The van der Waals surface area contributed by atoms with Crippen molar-refractivity contribution < 1.29 is 9.50 Å². The Balaban J connectivity index is 2.25. The number of aromatic nitrogens is 1. The van der Waals surface area contributed by atoms with E-state index in [4.69, 9.17) is 0 Å². The highest BCUT2D eigenvalue weighted by molar-refractivity contribution is 7.09. The summed E-state index contributed by atoms with van der Waals surface area (Å²) in [5.41, 5.74) is -0.0562. The minimum atomic E-state index is -0.704. The zero-order valence-electron chi connectivity index (χ0n) is 5.88. The summed E-state index contributed by atoms with van der Waals surface area (Å²) in [5.74, 6) is 0. The fourth-order valence-corrected chi connectivity index (χ4v) is 1.69. The first-order valence-corrected chi connectivity index (χ1v) is 4.36. The lowest BCUT2D eigenvalue weighted by Crippen LogP contribution is -2.04. The Bertz CT molecular complexity index is 269. The number of hydrogen-bond donors (Lipinski definition) is 1. The van der Waals surface area contributed by atoms with Crippen LogP contribution in [0.4, 0.5) is 4.39 Å². The molecular formula is C7H8FNOS. The molecule has 0 amide bonds. The Hall–Kier alpha value is -0.480. The number of rotatable bonds is 2. The summed E-state index contributed by atoms with van der Waals surface area (Å²) in [6.45, 7) is -0.527. The molecule has 0 bridgehead atoms. The molecular weight excluding hydrogens is 165 g/mol. The van der Waals surface area contributed by atoms with Gasteiger partial charge in [-0.1, -0.05) is 0 Å². The van der Waals surface area contributed by atoms with E-state index in [2.05, 4.69) is 4.98 Å². The first-order chi connectivity index (χ1) is 5.24. The van der Waals surface area contributed by atoms with Crippen molar-refractivity contribution in [2.45, 2.75) is 25.1 Å². The Morgan fingerprint density at radius 3 is 2.91 bits per heavy atom. The van der Waals surface area contributed by atoms with Gasteiger partial charge in [-0.3, -0.25) is 0 Å². The van der Waals surface area contributed by atoms with E-state index in [0.29, 0.717) is 10.7 Å². The van der Waals surface area contributed by atoms with Gasteiger partial charge >= 0.3 is 0 Å². The number of hydrogen-bond acceptors (Lipinski definition) is 3. The zero-order valence-corrected chi connectivity index (χ0v) is 6.70. The maximum Gasteiger partial charge on any atom is 0.141 e. The van der Waals surface area contributed by atoms with Gasteiger partial charge in [0, 0.05) is 5.38 Å². The van der Waals surface area contributed by atoms with Gasteiger partial charge in [0.2, 0.25) is 0 Å². The molecule has 0 aliphatic heterocycles. The molecule has 0 spiro atoms. The highest BCUT2D eigenvalue weighted by Gasteiger charge is 2.44. The average molecular weight is 173 g/mol. The van der Waals surface area contributed by atoms with Gasteiger partial charge < -0.3 is 5.11 Å². The molecule has 1 aliphatic carbocycles. The third-order valence-electron chi connectivity index (χ3n) is 1.87. The van der Waals surface area contributed by atoms with Gasteiger partial charge in [0.15, 0.2) is 0 Å². The maximum atomic E-state index is 12.0. The van der Waals surface area contributed by atoms with Crippen molar-refractivity contribution in [2.24, 2.45) is 0 Å². The van der Waals surface area contributed by atoms with Crippen LogP contribution >= 0.6 is 11.3 Å². The molecule has 0 unspecified atom stereocenters. The van der Waals surface area contributed by atoms with Crippen LogP contribution in [0.2, 0.25) is 0 Å². The van der Waals surface area contributed by atoms with E-state index in [-0.39, 0.29) is 0 Å². The summed E-state index contributed by atoms with van der Waals surface area (Å²) < 4.78 is 12.0. The molecule has 11 heavy (non-hydrogen) atoms. The van der Waals surface area contributed by atoms with Gasteiger partial charge in [0.25, 0.3) is 0 Å². The number of thiazole rings is 1. The van der Waals surface area contributed by atoms with E-state index in [1.54, 1.807) is 5.38 Å². The number of halogens is 1. The lowest BCUT2D eigenvalue weighted by molar-refractivity contribution is 0.147. The van der Waals surface area contributed by atoms with Gasteiger partial charge in [-0.25, -0.2) is 9.37 Å². The molecule has 1 saturated carbocycles. The lowest BCUT2D eigenvalue weighted by atomic mass is 10.3. The Labute approximate surface area is 67.7 Å². The zero-order chi connectivity index (χ0) is 7.90. The fraction of sp³-hybridized carbons (Fsp3) is 0.571. The molecule has 2 nitrogen and oxygen atoms in total. The average Bonchev–Trinajstić information content (AvgIpc) is 2.61. The fourth-order valence-electron chi connectivity index (χ4n) is 0.961. The van der Waals surface area contributed by atoms with Crippen LogP contribution in [0.25, 0.3) is 0 Å². The molecule has 1 N–H and O–H groups in total. The molecule has 1 aromatic heterocycles. The molecule has 0 atom stereocenters. The van der Waals surface area contributed by atoms with E-state index in [9.17, 15) is 9.50 Å². The van der Waals surface area contributed by atoms with E-state index in [1.807, 2.05) is 0 Å². The second-order valence-corrected chi connectivity index (χ2v) is 3.73. The number of aliphatic hydroxyl groups is 1. The highest BCUT2D eigenvalue weighted by Crippen LogP contribution is 2.45. The van der Waals surface area contributed by atoms with Crippen molar-refractivity contribution in [3.63, 3.8) is 0 Å². The molecule has 0 radical (unpaired) electrons. The van der Waals surface area contributed by atoms with Gasteiger partial charge in [-0.2, -0.15) is 0 Å². The Morgan fingerprint density at radius 1 is 1.73 bits per heavy atom. The molecule has 1 heterocycles. The summed E-state index contributed by atoms with van der Waals surface area (Å²) in [4.78, 5) is 3.96. The molecule has 1 aromatic rings. The summed E-state index contributed by atoms with van der Waals surface area (Å²) in [5, 5.41) is 11.7. The van der Waals surface area contributed by atoms with Crippen LogP contribution in [0.3, 0.4) is 0 Å². The minimum absolute atomic E-state index is 0.459. The minimum Gasteiger partial charge on any atom is -0.384 e. The van der Waals surface area contributed by atoms with E-state index in [0.717, 1.165) is 12.8 Å². The predicted octanol–water partition coefficient (Wildman–Crippen LogP) is 1.59. The highest BCUT2D eigenvalue weighted by atomic mass is 32.1. The number of alkyl halides is 1. The summed E-state index contributed by atoms with van der Waals surface area (Å²) >= 11 is 1.27. The van der Waals surface area contributed by atoms with Crippen LogP contribution in [0.5, 0.6) is 0 Å². The molecule has 4 heteroatoms. The second-order valence-electron chi connectivity index (χ2n) is 2.79. The lowest BCUT2D eigenvalue weighted by Gasteiger charge is -1.99. The van der Waals surface area contributed by atoms with Crippen LogP contribution in [-0.2, 0) is 12.3 Å². The quantitative estimate of drug-likeness (QED) is 0.736. The monoisotopic (exact) mass is 173 g/mol. The predicted molar refractivity (Wildman–Crippen MR) is 40.1 cm³/mol. The van der Waals surface area contributed by atoms with Gasteiger partial charge in [0.05, 0.1) is 5.69 Å². The van der Waals surface area contributed by atoms with Gasteiger partial charge in [-0.15, -0.1) is 11.3 Å². The second kappa shape index (κ2) is 2.25. The van der Waals surface area contributed by atoms with Crippen LogP contribution in [0.15, 0.2) is 5.38 Å². The van der Waals surface area contributed by atoms with Crippen molar-refractivity contribution in [1.82, 2.24) is 4.98 Å². The van der Waals surface area contributed by atoms with Crippen molar-refractivity contribution in [3.8, 4) is 0 Å². The van der Waals surface area contributed by atoms with E-state index in [1.165, 1.54) is 11.3 Å². The molecule has 0 saturated heterocycles. The van der Waals surface area contributed by atoms with Crippen molar-refractivity contribution in [1.29, 1.82) is 0 Å². The van der Waals surface area contributed by atoms with Crippen molar-refractivity contribution >= 4 is 11.3 Å². The maximum absolute atomic E-state index is 12.0. The summed E-state index contributed by atoms with van der Waals surface area (Å²) in [6, 6.07) is 0. The first-order valence-electron chi connectivity index (χ1n) is 3.48. The van der Waals surface area contributed by atoms with Crippen molar-refractivity contribution in [2.75, 3.05) is 0 Å². The Kier molecular flexibility index (Phi) is 1.47. The largest absolute Gasteiger partial charge is 0.384 e. The topological polar surface area (TPSA) is 33.1 Å². The smallest absolute Gasteiger partial charge is 0.141 e. The normalized spacial score (nSPS) is 20.2. The SMILES string of the molecule is OC1(c2csc(CF)n2)CC1. The van der Waals surface area contributed by atoms with E-state index < -0.39 is 12.3 Å². The third kappa shape index (κ3) is 1.16. The third-order valence-corrected chi connectivity index (χ3v) is 2.68. The van der Waals surface area contributed by atoms with Crippen LogP contribution in [0.1, 0.15) is 23.5 Å². The van der Waals surface area contributed by atoms with E-state index >= 15 is 0 Å². The standard InChI is InChI=1S/C7H8FNOS/c8-3-6-9-5(4-11-6)7(10)1-2-7/h4,10H,1-3H2. The van der Waals surface area contributed by atoms with Crippen LogP contribution in [-0.4, -0.2) is 10.1 Å². The summed E-state index contributed by atoms with van der Waals surface area (Å²) in [6.07, 6.45) is 1.53. The molecule has 1 aliphatic rings. The number of nitrogens with zero attached hydrogens (tertiary/aromatic N) is 1. The van der Waals surface area contributed by atoms with Gasteiger partial charge in [-0.05, 0) is 12.8 Å². The molecule has 2 rings (SSSR count). The molecule has 1 fully saturated rings. The first kappa shape index (κ1) is 7.18. The van der Waals surface area contributed by atoms with Gasteiger partial charge in [0.1, 0.15) is 17.3 Å². The molecule has 0 aromatic carbocycles.